The van der Waals surface area contributed by atoms with Crippen molar-refractivity contribution in [2.24, 2.45) is 41.4 Å². The Bertz CT molecular complexity index is 1540. The molecule has 0 bridgehead atoms. The highest BCUT2D eigenvalue weighted by Crippen LogP contribution is 2.56. The first-order chi connectivity index (χ1) is 28.1. The number of aliphatic hydroxyl groups is 3. The third-order valence-corrected chi connectivity index (χ3v) is 15.4. The number of carbonyl (C=O) groups is 2. The van der Waals surface area contributed by atoms with Gasteiger partial charge in [0, 0.05) is 68.8 Å². The monoisotopic (exact) mass is 853 g/mol. The van der Waals surface area contributed by atoms with Crippen molar-refractivity contribution in [1.29, 1.82) is 0 Å². The number of ether oxygens (including phenoxy) is 8. The quantitative estimate of drug-likeness (QED) is 0.160. The van der Waals surface area contributed by atoms with Crippen molar-refractivity contribution >= 4 is 11.8 Å². The summed E-state index contributed by atoms with van der Waals surface area (Å²) >= 11 is 0. The van der Waals surface area contributed by atoms with Crippen molar-refractivity contribution in [3.8, 4) is 0 Å². The van der Waals surface area contributed by atoms with Crippen LogP contribution in [0.5, 0.6) is 0 Å². The molecule has 6 heterocycles. The molecule has 0 saturated carbocycles. The third-order valence-electron chi connectivity index (χ3n) is 15.4. The Morgan fingerprint density at radius 3 is 2.27 bits per heavy atom. The fraction of sp³-hybridized carbons (Fsp3) is 0.913. The first-order valence-corrected chi connectivity index (χ1v) is 22.8. The highest BCUT2D eigenvalue weighted by molar-refractivity contribution is 5.96. The molecular formula is C46H76O14. The summed E-state index contributed by atoms with van der Waals surface area (Å²) in [6, 6.07) is 0. The number of allylic oxidation sites excluding steroid dienone is 1. The lowest BCUT2D eigenvalue weighted by molar-refractivity contribution is -0.389. The molecule has 0 amide bonds. The smallest absolute Gasteiger partial charge is 0.306 e. The van der Waals surface area contributed by atoms with Crippen LogP contribution in [0.2, 0.25) is 0 Å². The normalized spacial score (nSPS) is 48.0. The van der Waals surface area contributed by atoms with Gasteiger partial charge < -0.3 is 58.3 Å². The van der Waals surface area contributed by atoms with E-state index >= 15 is 0 Å². The van der Waals surface area contributed by atoms with Crippen molar-refractivity contribution < 1.29 is 67.9 Å². The van der Waals surface area contributed by atoms with E-state index in [2.05, 4.69) is 20.8 Å². The SMILES string of the molecule is CO[C@@H]1CC[C@@H](O[C@H]2C[C@H]([C@]3(C)CC[C@]4(C[C@H](O)C[C@@H]([C@@H](C)/C=C(\C)C(=O)[C@H](C)C[C@H](C)C(=O)O)O4)O3)O[C@]3(O[C@@H]([C@H]4O[C@@](O)(CO)[C@H](C)C[C@@H]4C)C[C@@H]3C)[C@@H]2C)O[C@H]1C. The fourth-order valence-corrected chi connectivity index (χ4v) is 11.5. The molecule has 0 unspecified atom stereocenters. The van der Waals surface area contributed by atoms with Gasteiger partial charge in [0.1, 0.15) is 0 Å². The zero-order chi connectivity index (χ0) is 44.1. The van der Waals surface area contributed by atoms with E-state index in [0.29, 0.717) is 50.5 Å². The Labute approximate surface area is 357 Å². The number of Topliss-reactive ketones (excluding diaryl/α,β-unsaturated/α-hetero) is 1. The first-order valence-electron chi connectivity index (χ1n) is 22.8. The van der Waals surface area contributed by atoms with Crippen LogP contribution in [-0.4, -0.2) is 124 Å². The molecule has 60 heavy (non-hydrogen) atoms. The van der Waals surface area contributed by atoms with E-state index < -0.39 is 84.2 Å². The number of carboxylic acid groups (broad SMARTS) is 1. The van der Waals surface area contributed by atoms with Gasteiger partial charge in [0.25, 0.3) is 0 Å². The van der Waals surface area contributed by atoms with Crippen LogP contribution in [0.1, 0.15) is 133 Å². The number of rotatable bonds is 13. The fourth-order valence-electron chi connectivity index (χ4n) is 11.5. The molecular weight excluding hydrogens is 776 g/mol. The van der Waals surface area contributed by atoms with Crippen molar-refractivity contribution in [3.05, 3.63) is 11.6 Å². The largest absolute Gasteiger partial charge is 0.481 e. The Kier molecular flexibility index (Phi) is 14.8. The van der Waals surface area contributed by atoms with Crippen LogP contribution >= 0.6 is 0 Å². The Morgan fingerprint density at radius 1 is 0.900 bits per heavy atom. The minimum Gasteiger partial charge on any atom is -0.481 e. The van der Waals surface area contributed by atoms with E-state index in [4.69, 9.17) is 37.9 Å². The average molecular weight is 853 g/mol. The Hall–Kier alpha value is -1.56. The summed E-state index contributed by atoms with van der Waals surface area (Å²) in [5.74, 6) is -6.68. The highest BCUT2D eigenvalue weighted by atomic mass is 16.8. The minimum atomic E-state index is -1.66. The van der Waals surface area contributed by atoms with Crippen molar-refractivity contribution in [2.75, 3.05) is 13.7 Å². The van der Waals surface area contributed by atoms with E-state index in [1.165, 1.54) is 0 Å². The zero-order valence-electron chi connectivity index (χ0n) is 38.0. The van der Waals surface area contributed by atoms with Crippen molar-refractivity contribution in [2.45, 2.75) is 212 Å². The van der Waals surface area contributed by atoms with Gasteiger partial charge in [0.2, 0.25) is 0 Å². The molecule has 344 valence electrons. The summed E-state index contributed by atoms with van der Waals surface area (Å²) < 4.78 is 53.7. The van der Waals surface area contributed by atoms with E-state index in [9.17, 15) is 30.0 Å². The molecule has 6 fully saturated rings. The van der Waals surface area contributed by atoms with Crippen LogP contribution in [0, 0.1) is 41.4 Å². The standard InChI is InChI=1S/C46H76O14/c1-24(16-25(2)40(49)26(3)17-28(5)42(50)51)35-20-33(48)22-44(56-35)15-14-43(10,60-44)38-21-36(55-39-13-12-34(53-11)32(9)54-39)31(8)46(58-38)30(7)19-37(57-46)41-27(4)18-29(6)45(52,23-47)59-41/h16,24,26-39,41,47-48,52H,12-15,17-23H2,1-11H3,(H,50,51)/b25-16+/t24-,26+,27-,28-,29+,30-,31+,32-,33+,34+,35-,36-,37+,38+,39+,41-,43-,44+,45-,46-/m0/s1. The molecule has 0 aliphatic carbocycles. The Morgan fingerprint density at radius 2 is 1.62 bits per heavy atom. The predicted molar refractivity (Wildman–Crippen MR) is 219 cm³/mol. The maximum Gasteiger partial charge on any atom is 0.306 e. The third kappa shape index (κ3) is 9.60. The lowest BCUT2D eigenvalue weighted by Crippen LogP contribution is -2.63. The molecule has 0 aromatic rings. The summed E-state index contributed by atoms with van der Waals surface area (Å²) in [7, 11) is 1.70. The molecule has 6 aliphatic heterocycles. The molecule has 6 saturated heterocycles. The maximum atomic E-state index is 13.3. The minimum absolute atomic E-state index is 0.0109. The van der Waals surface area contributed by atoms with E-state index in [1.54, 1.807) is 27.9 Å². The van der Waals surface area contributed by atoms with Gasteiger partial charge in [0.15, 0.2) is 29.4 Å². The van der Waals surface area contributed by atoms with Gasteiger partial charge in [-0.1, -0.05) is 54.5 Å². The molecule has 2 spiro atoms. The lowest BCUT2D eigenvalue weighted by Gasteiger charge is -2.53. The van der Waals surface area contributed by atoms with Gasteiger partial charge in [-0.2, -0.15) is 0 Å². The number of hydrogen-bond donors (Lipinski definition) is 4. The lowest BCUT2D eigenvalue weighted by atomic mass is 9.76. The van der Waals surface area contributed by atoms with Gasteiger partial charge in [-0.15, -0.1) is 0 Å². The summed E-state index contributed by atoms with van der Waals surface area (Å²) in [5.41, 5.74) is -0.313. The topological polar surface area (TPSA) is 189 Å². The van der Waals surface area contributed by atoms with Gasteiger partial charge in [0.05, 0.1) is 67.0 Å². The van der Waals surface area contributed by atoms with Crippen LogP contribution in [-0.2, 0) is 47.5 Å². The second kappa shape index (κ2) is 18.5. The average Bonchev–Trinajstić information content (AvgIpc) is 3.69. The molecule has 0 aromatic heterocycles. The van der Waals surface area contributed by atoms with E-state index in [-0.39, 0.29) is 66.5 Å². The number of aliphatic carboxylic acids is 1. The maximum absolute atomic E-state index is 13.3. The van der Waals surface area contributed by atoms with Crippen LogP contribution < -0.4 is 0 Å². The zero-order valence-corrected chi connectivity index (χ0v) is 38.0. The van der Waals surface area contributed by atoms with E-state index in [0.717, 1.165) is 6.42 Å². The van der Waals surface area contributed by atoms with Crippen LogP contribution in [0.4, 0.5) is 0 Å². The number of methoxy groups -OCH3 is 1. The summed E-state index contributed by atoms with van der Waals surface area (Å²) in [4.78, 5) is 24.7. The van der Waals surface area contributed by atoms with Gasteiger partial charge >= 0.3 is 5.97 Å². The van der Waals surface area contributed by atoms with E-state index in [1.807, 2.05) is 33.8 Å². The number of aliphatic hydroxyl groups excluding tert-OH is 2. The number of carboxylic acids is 1. The van der Waals surface area contributed by atoms with Crippen LogP contribution in [0.3, 0.4) is 0 Å². The molecule has 0 radical (unpaired) electrons. The second-order valence-corrected chi connectivity index (χ2v) is 20.2. The molecule has 14 heteroatoms. The van der Waals surface area contributed by atoms with Crippen LogP contribution in [0.15, 0.2) is 11.6 Å². The molecule has 4 N–H and O–H groups in total. The van der Waals surface area contributed by atoms with Crippen molar-refractivity contribution in [3.63, 3.8) is 0 Å². The molecule has 6 rings (SSSR count). The van der Waals surface area contributed by atoms with Gasteiger partial charge in [-0.05, 0) is 64.4 Å². The summed E-state index contributed by atoms with van der Waals surface area (Å²) in [6.45, 7) is 18.9. The van der Waals surface area contributed by atoms with Crippen LogP contribution in [0.25, 0.3) is 0 Å². The number of carbonyl (C=O) groups excluding carboxylic acids is 1. The summed E-state index contributed by atoms with van der Waals surface area (Å²) in [6.07, 6.45) is 3.75. The predicted octanol–water partition coefficient (Wildman–Crippen LogP) is 5.90. The molecule has 14 nitrogen and oxygen atoms in total. The Balaban J connectivity index is 1.23. The number of ketones is 1. The van der Waals surface area contributed by atoms with Gasteiger partial charge in [-0.3, -0.25) is 9.59 Å². The summed E-state index contributed by atoms with van der Waals surface area (Å²) in [5, 5.41) is 42.1. The number of hydrogen-bond acceptors (Lipinski definition) is 13. The van der Waals surface area contributed by atoms with Gasteiger partial charge in [-0.25, -0.2) is 0 Å². The first kappa shape index (κ1) is 47.9. The second-order valence-electron chi connectivity index (χ2n) is 20.2. The van der Waals surface area contributed by atoms with Crippen molar-refractivity contribution in [1.82, 2.24) is 0 Å². The molecule has 6 aliphatic rings. The molecule has 20 atom stereocenters. The highest BCUT2D eigenvalue weighted by Gasteiger charge is 2.65. The molecule has 0 aromatic carbocycles.